The van der Waals surface area contributed by atoms with Crippen molar-refractivity contribution in [1.29, 1.82) is 0 Å². The number of carbonyl (C=O) groups excluding carboxylic acids is 1. The highest BCUT2D eigenvalue weighted by atomic mass is 19.4. The molecule has 0 unspecified atom stereocenters. The second-order valence-electron chi connectivity index (χ2n) is 5.17. The second kappa shape index (κ2) is 5.24. The Hall–Kier alpha value is -2.15. The molecule has 1 fully saturated rings. The zero-order valence-electron chi connectivity index (χ0n) is 11.3. The first-order valence-corrected chi connectivity index (χ1v) is 6.67. The summed E-state index contributed by atoms with van der Waals surface area (Å²) in [6, 6.07) is 6.11. The quantitative estimate of drug-likeness (QED) is 0.863. The van der Waals surface area contributed by atoms with Gasteiger partial charge in [-0.15, -0.1) is 0 Å². The fourth-order valence-electron chi connectivity index (χ4n) is 2.64. The van der Waals surface area contributed by atoms with E-state index < -0.39 is 23.9 Å². The van der Waals surface area contributed by atoms with E-state index in [0.29, 0.717) is 10.8 Å². The SMILES string of the molecule is O=C1CCN([C@@H](c2ccc3cc(F)ccc3c2)C(F)(F)F)N1. The van der Waals surface area contributed by atoms with Gasteiger partial charge in [0.2, 0.25) is 5.91 Å². The van der Waals surface area contributed by atoms with Crippen molar-refractivity contribution in [3.63, 3.8) is 0 Å². The third-order valence-electron chi connectivity index (χ3n) is 3.61. The van der Waals surface area contributed by atoms with Crippen LogP contribution in [0.1, 0.15) is 18.0 Å². The number of hydrogen-bond donors (Lipinski definition) is 1. The van der Waals surface area contributed by atoms with Crippen LogP contribution in [0.4, 0.5) is 17.6 Å². The molecule has 22 heavy (non-hydrogen) atoms. The summed E-state index contributed by atoms with van der Waals surface area (Å²) in [6.45, 7) is -0.00946. The molecular weight excluding hydrogens is 300 g/mol. The van der Waals surface area contributed by atoms with Crippen LogP contribution in [0.3, 0.4) is 0 Å². The molecule has 1 aliphatic rings. The summed E-state index contributed by atoms with van der Waals surface area (Å²) < 4.78 is 53.3. The number of hydrogen-bond acceptors (Lipinski definition) is 2. The van der Waals surface area contributed by atoms with Crippen LogP contribution in [0.2, 0.25) is 0 Å². The van der Waals surface area contributed by atoms with Gasteiger partial charge in [0.05, 0.1) is 0 Å². The molecule has 1 saturated heterocycles. The van der Waals surface area contributed by atoms with Gasteiger partial charge in [-0.05, 0) is 34.5 Å². The number of carbonyl (C=O) groups is 1. The maximum atomic E-state index is 13.4. The summed E-state index contributed by atoms with van der Waals surface area (Å²) in [7, 11) is 0. The molecule has 0 radical (unpaired) electrons. The van der Waals surface area contributed by atoms with E-state index in [1.807, 2.05) is 0 Å². The van der Waals surface area contributed by atoms with Crippen molar-refractivity contribution in [2.45, 2.75) is 18.6 Å². The smallest absolute Gasteiger partial charge is 0.288 e. The number of rotatable bonds is 2. The van der Waals surface area contributed by atoms with Crippen LogP contribution in [0, 0.1) is 5.82 Å². The molecule has 116 valence electrons. The molecule has 2 aromatic rings. The summed E-state index contributed by atoms with van der Waals surface area (Å²) in [5.41, 5.74) is 2.24. The number of nitrogens with zero attached hydrogens (tertiary/aromatic N) is 1. The summed E-state index contributed by atoms with van der Waals surface area (Å²) in [6.07, 6.45) is -4.50. The number of halogens is 4. The summed E-state index contributed by atoms with van der Waals surface area (Å²) >= 11 is 0. The number of alkyl halides is 3. The van der Waals surface area contributed by atoms with Gasteiger partial charge < -0.3 is 0 Å². The normalized spacial score (nSPS) is 17.7. The predicted octanol–water partition coefficient (Wildman–Crippen LogP) is 3.32. The van der Waals surface area contributed by atoms with Crippen LogP contribution in [-0.4, -0.2) is 23.6 Å². The first-order chi connectivity index (χ1) is 10.3. The van der Waals surface area contributed by atoms with Crippen molar-refractivity contribution in [3.05, 3.63) is 47.8 Å². The Bertz CT molecular complexity index is 729. The zero-order valence-corrected chi connectivity index (χ0v) is 11.3. The van der Waals surface area contributed by atoms with Gasteiger partial charge in [0.15, 0.2) is 0 Å². The maximum absolute atomic E-state index is 13.4. The molecule has 0 saturated carbocycles. The van der Waals surface area contributed by atoms with Gasteiger partial charge in [-0.2, -0.15) is 13.2 Å². The first kappa shape index (κ1) is 14.8. The number of fused-ring (bicyclic) bond motifs is 1. The molecular formula is C15H12F4N2O. The minimum absolute atomic E-state index is 0.00816. The summed E-state index contributed by atoms with van der Waals surface area (Å²) in [5.74, 6) is -0.878. The van der Waals surface area contributed by atoms with Crippen LogP contribution in [0.25, 0.3) is 10.8 Å². The van der Waals surface area contributed by atoms with Gasteiger partial charge >= 0.3 is 6.18 Å². The average Bonchev–Trinajstić information content (AvgIpc) is 2.83. The van der Waals surface area contributed by atoms with E-state index in [2.05, 4.69) is 5.43 Å². The van der Waals surface area contributed by atoms with Gasteiger partial charge in [0.25, 0.3) is 0 Å². The topological polar surface area (TPSA) is 32.3 Å². The Morgan fingerprint density at radius 2 is 1.77 bits per heavy atom. The third kappa shape index (κ3) is 2.76. The number of nitrogens with one attached hydrogen (secondary N) is 1. The van der Waals surface area contributed by atoms with Crippen LogP contribution in [-0.2, 0) is 4.79 Å². The van der Waals surface area contributed by atoms with Crippen LogP contribution in [0.15, 0.2) is 36.4 Å². The summed E-state index contributed by atoms with van der Waals surface area (Å²) in [4.78, 5) is 11.2. The molecule has 1 aliphatic heterocycles. The van der Waals surface area contributed by atoms with Crippen molar-refractivity contribution >= 4 is 16.7 Å². The highest BCUT2D eigenvalue weighted by Crippen LogP contribution is 2.38. The fourth-order valence-corrected chi connectivity index (χ4v) is 2.64. The van der Waals surface area contributed by atoms with E-state index in [1.54, 1.807) is 0 Å². The lowest BCUT2D eigenvalue weighted by atomic mass is 10.0. The Morgan fingerprint density at radius 1 is 1.09 bits per heavy atom. The highest BCUT2D eigenvalue weighted by molar-refractivity contribution is 5.83. The highest BCUT2D eigenvalue weighted by Gasteiger charge is 2.46. The standard InChI is InChI=1S/C15H12F4N2O/c16-12-4-3-9-7-11(2-1-10(9)8-12)14(15(17,18)19)21-6-5-13(22)20-21/h1-4,7-8,14H,5-6H2,(H,20,22)/t14-/m0/s1. The first-order valence-electron chi connectivity index (χ1n) is 6.67. The predicted molar refractivity (Wildman–Crippen MR) is 72.2 cm³/mol. The van der Waals surface area contributed by atoms with E-state index in [0.717, 1.165) is 5.01 Å². The van der Waals surface area contributed by atoms with Crippen LogP contribution < -0.4 is 5.43 Å². The number of benzene rings is 2. The molecule has 7 heteroatoms. The van der Waals surface area contributed by atoms with Gasteiger partial charge in [0.1, 0.15) is 11.9 Å². The van der Waals surface area contributed by atoms with Crippen molar-refractivity contribution in [3.8, 4) is 0 Å². The van der Waals surface area contributed by atoms with Crippen molar-refractivity contribution < 1.29 is 22.4 Å². The Morgan fingerprint density at radius 3 is 2.41 bits per heavy atom. The molecule has 1 N–H and O–H groups in total. The van der Waals surface area contributed by atoms with E-state index in [4.69, 9.17) is 0 Å². The molecule has 1 heterocycles. The minimum atomic E-state index is -4.54. The van der Waals surface area contributed by atoms with E-state index in [9.17, 15) is 22.4 Å². The number of hydrazine groups is 1. The molecule has 0 aliphatic carbocycles. The van der Waals surface area contributed by atoms with Gasteiger partial charge in [-0.1, -0.05) is 18.2 Å². The third-order valence-corrected chi connectivity index (χ3v) is 3.61. The molecule has 2 aromatic carbocycles. The minimum Gasteiger partial charge on any atom is -0.288 e. The molecule has 0 bridgehead atoms. The largest absolute Gasteiger partial charge is 0.409 e. The zero-order chi connectivity index (χ0) is 15.9. The summed E-state index contributed by atoms with van der Waals surface area (Å²) in [5, 5.41) is 1.93. The van der Waals surface area contributed by atoms with Gasteiger partial charge in [0, 0.05) is 13.0 Å². The monoisotopic (exact) mass is 312 g/mol. The molecule has 1 atom stereocenters. The number of amides is 1. The average molecular weight is 312 g/mol. The van der Waals surface area contributed by atoms with Gasteiger partial charge in [-0.3, -0.25) is 10.2 Å². The Kier molecular flexibility index (Phi) is 3.52. The molecule has 0 spiro atoms. The van der Waals surface area contributed by atoms with E-state index >= 15 is 0 Å². The van der Waals surface area contributed by atoms with Gasteiger partial charge in [-0.25, -0.2) is 9.40 Å². The molecule has 3 nitrogen and oxygen atoms in total. The lowest BCUT2D eigenvalue weighted by Crippen LogP contribution is -2.43. The van der Waals surface area contributed by atoms with Crippen molar-refractivity contribution in [2.24, 2.45) is 0 Å². The molecule has 1 amide bonds. The Balaban J connectivity index is 2.04. The second-order valence-corrected chi connectivity index (χ2v) is 5.17. The lowest BCUT2D eigenvalue weighted by Gasteiger charge is -2.29. The lowest BCUT2D eigenvalue weighted by molar-refractivity contribution is -0.191. The van der Waals surface area contributed by atoms with Crippen LogP contribution in [0.5, 0.6) is 0 Å². The van der Waals surface area contributed by atoms with Crippen molar-refractivity contribution in [2.75, 3.05) is 6.54 Å². The fraction of sp³-hybridized carbons (Fsp3) is 0.267. The van der Waals surface area contributed by atoms with E-state index in [-0.39, 0.29) is 18.5 Å². The van der Waals surface area contributed by atoms with Crippen LogP contribution >= 0.6 is 0 Å². The molecule has 3 rings (SSSR count). The van der Waals surface area contributed by atoms with Crippen molar-refractivity contribution in [1.82, 2.24) is 10.4 Å². The van der Waals surface area contributed by atoms with E-state index in [1.165, 1.54) is 36.4 Å². The maximum Gasteiger partial charge on any atom is 0.409 e. The molecule has 0 aromatic heterocycles. The Labute approximate surface area is 123 Å².